The van der Waals surface area contributed by atoms with Crippen LogP contribution >= 0.6 is 0 Å². The Morgan fingerprint density at radius 2 is 2.00 bits per heavy atom. The summed E-state index contributed by atoms with van der Waals surface area (Å²) in [6.07, 6.45) is 4.49. The van der Waals surface area contributed by atoms with Crippen molar-refractivity contribution in [2.75, 3.05) is 0 Å². The molecular formula is C20H22N4O4. The Kier molecular flexibility index (Phi) is 6.21. The number of furan rings is 1. The minimum absolute atomic E-state index is 0.0650. The van der Waals surface area contributed by atoms with E-state index in [-0.39, 0.29) is 18.1 Å². The number of amides is 2. The van der Waals surface area contributed by atoms with Crippen LogP contribution in [0.15, 0.2) is 57.3 Å². The predicted octanol–water partition coefficient (Wildman–Crippen LogP) is 4.06. The quantitative estimate of drug-likeness (QED) is 0.365. The fourth-order valence-corrected chi connectivity index (χ4v) is 2.91. The van der Waals surface area contributed by atoms with Gasteiger partial charge in [0.05, 0.1) is 18.3 Å². The predicted molar refractivity (Wildman–Crippen MR) is 103 cm³/mol. The van der Waals surface area contributed by atoms with Gasteiger partial charge in [-0.2, -0.15) is 0 Å². The second-order valence-corrected chi connectivity index (χ2v) is 6.32. The van der Waals surface area contributed by atoms with Crippen molar-refractivity contribution in [3.05, 3.63) is 48.4 Å². The first kappa shape index (κ1) is 19.3. The molecule has 2 heterocycles. The van der Waals surface area contributed by atoms with Gasteiger partial charge in [-0.3, -0.25) is 9.59 Å². The molecule has 0 saturated carbocycles. The number of aromatic hydroxyl groups is 1. The fourth-order valence-electron chi connectivity index (χ4n) is 2.91. The van der Waals surface area contributed by atoms with Crippen molar-refractivity contribution in [1.82, 2.24) is 9.88 Å². The molecule has 0 radical (unpaired) electrons. The van der Waals surface area contributed by atoms with Gasteiger partial charge in [-0.1, -0.05) is 38.0 Å². The van der Waals surface area contributed by atoms with Crippen molar-refractivity contribution in [3.63, 3.8) is 0 Å². The highest BCUT2D eigenvalue weighted by atomic mass is 16.3. The molecule has 0 atom stereocenters. The Morgan fingerprint density at radius 3 is 2.75 bits per heavy atom. The maximum atomic E-state index is 11.9. The molecule has 0 fully saturated rings. The fraction of sp³-hybridized carbons (Fsp3) is 0.300. The van der Waals surface area contributed by atoms with E-state index in [1.807, 2.05) is 18.2 Å². The van der Waals surface area contributed by atoms with Gasteiger partial charge in [0.2, 0.25) is 5.88 Å². The first-order valence-corrected chi connectivity index (χ1v) is 9.18. The van der Waals surface area contributed by atoms with Crippen LogP contribution in [0.3, 0.4) is 0 Å². The van der Waals surface area contributed by atoms with Crippen molar-refractivity contribution in [1.29, 1.82) is 0 Å². The van der Waals surface area contributed by atoms with Gasteiger partial charge in [0, 0.05) is 11.9 Å². The van der Waals surface area contributed by atoms with Crippen molar-refractivity contribution in [2.24, 2.45) is 10.2 Å². The van der Waals surface area contributed by atoms with Crippen LogP contribution in [-0.4, -0.2) is 21.5 Å². The lowest BCUT2D eigenvalue weighted by Gasteiger charge is -2.05. The van der Waals surface area contributed by atoms with Gasteiger partial charge in [-0.25, -0.2) is 0 Å². The normalized spacial score (nSPS) is 11.3. The number of nitrogens with zero attached hydrogens (tertiary/aromatic N) is 3. The number of hydrogen-bond acceptors (Lipinski definition) is 5. The number of fused-ring (bicyclic) bond motifs is 1. The third-order valence-electron chi connectivity index (χ3n) is 4.34. The summed E-state index contributed by atoms with van der Waals surface area (Å²) in [4.78, 5) is 23.8. The zero-order valence-corrected chi connectivity index (χ0v) is 15.6. The topological polar surface area (TPSA) is 109 Å². The summed E-state index contributed by atoms with van der Waals surface area (Å²) in [6, 6.07) is 10.7. The first-order valence-electron chi connectivity index (χ1n) is 9.18. The number of para-hydroxylation sites is 1. The van der Waals surface area contributed by atoms with Crippen LogP contribution in [0.25, 0.3) is 10.9 Å². The van der Waals surface area contributed by atoms with Gasteiger partial charge in [-0.05, 0) is 24.6 Å². The maximum Gasteiger partial charge on any atom is 0.353 e. The molecule has 3 rings (SSSR count). The zero-order valence-electron chi connectivity index (χ0n) is 15.6. The molecule has 2 amide bonds. The van der Waals surface area contributed by atoms with Gasteiger partial charge in [0.1, 0.15) is 5.76 Å². The van der Waals surface area contributed by atoms with Gasteiger partial charge >= 0.3 is 11.8 Å². The van der Waals surface area contributed by atoms with Crippen LogP contribution in [0.1, 0.15) is 31.9 Å². The summed E-state index contributed by atoms with van der Waals surface area (Å²) < 4.78 is 6.83. The van der Waals surface area contributed by atoms with E-state index in [0.717, 1.165) is 24.8 Å². The van der Waals surface area contributed by atoms with Gasteiger partial charge in [0.25, 0.3) is 0 Å². The van der Waals surface area contributed by atoms with E-state index in [1.165, 1.54) is 6.26 Å². The molecule has 0 unspecified atom stereocenters. The summed E-state index contributed by atoms with van der Waals surface area (Å²) in [7, 11) is 0. The number of rotatable bonds is 7. The van der Waals surface area contributed by atoms with E-state index < -0.39 is 11.8 Å². The number of aryl methyl sites for hydroxylation is 1. The molecule has 1 aromatic carbocycles. The highest BCUT2D eigenvalue weighted by molar-refractivity contribution is 6.35. The lowest BCUT2D eigenvalue weighted by atomic mass is 10.2. The monoisotopic (exact) mass is 382 g/mol. The molecule has 8 nitrogen and oxygen atoms in total. The van der Waals surface area contributed by atoms with Crippen LogP contribution in [0.4, 0.5) is 5.69 Å². The van der Waals surface area contributed by atoms with Crippen molar-refractivity contribution in [3.8, 4) is 5.88 Å². The van der Waals surface area contributed by atoms with E-state index in [0.29, 0.717) is 17.7 Å². The molecular weight excluding hydrogens is 360 g/mol. The third kappa shape index (κ3) is 4.28. The van der Waals surface area contributed by atoms with Crippen LogP contribution in [-0.2, 0) is 22.7 Å². The smallest absolute Gasteiger partial charge is 0.353 e. The average molecular weight is 382 g/mol. The van der Waals surface area contributed by atoms with Crippen LogP contribution in [0.2, 0.25) is 0 Å². The molecule has 0 aliphatic rings. The largest absolute Gasteiger partial charge is 0.493 e. The van der Waals surface area contributed by atoms with Crippen LogP contribution in [0.5, 0.6) is 5.88 Å². The highest BCUT2D eigenvalue weighted by Crippen LogP contribution is 2.39. The standard InChI is InChI=1S/C20H22N4O4/c1-2-3-6-11-24-16-10-5-4-9-15(16)17(20(24)27)22-23-19(26)18(25)21-13-14-8-7-12-28-14/h4-5,7-10,12,27H,2-3,6,11,13H2,1H3,(H,21,25). The molecule has 0 saturated heterocycles. The number of carbonyl (C=O) groups excluding carboxylic acids is 2. The molecule has 2 aromatic heterocycles. The van der Waals surface area contributed by atoms with E-state index in [1.54, 1.807) is 22.8 Å². The Bertz CT molecular complexity index is 989. The zero-order chi connectivity index (χ0) is 19.9. The maximum absolute atomic E-state index is 11.9. The number of benzene rings is 1. The number of azo groups is 1. The van der Waals surface area contributed by atoms with E-state index >= 15 is 0 Å². The SMILES string of the molecule is CCCCCn1c(O)c(N=NC(=O)C(=O)NCc2ccco2)c2ccccc21. The van der Waals surface area contributed by atoms with Crippen molar-refractivity contribution < 1.29 is 19.1 Å². The van der Waals surface area contributed by atoms with Gasteiger partial charge in [-0.15, -0.1) is 10.2 Å². The summed E-state index contributed by atoms with van der Waals surface area (Å²) >= 11 is 0. The molecule has 0 bridgehead atoms. The van der Waals surface area contributed by atoms with E-state index in [2.05, 4.69) is 22.5 Å². The van der Waals surface area contributed by atoms with Gasteiger partial charge in [0.15, 0.2) is 5.69 Å². The summed E-state index contributed by atoms with van der Waals surface area (Å²) in [5, 5.41) is 21.0. The Balaban J connectivity index is 1.76. The molecule has 146 valence electrons. The number of unbranched alkanes of at least 4 members (excludes halogenated alkanes) is 2. The minimum atomic E-state index is -1.05. The average Bonchev–Trinajstić information content (AvgIpc) is 3.31. The lowest BCUT2D eigenvalue weighted by Crippen LogP contribution is -2.28. The Labute approximate surface area is 161 Å². The van der Waals surface area contributed by atoms with E-state index in [9.17, 15) is 14.7 Å². The molecule has 8 heteroatoms. The second-order valence-electron chi connectivity index (χ2n) is 6.32. The lowest BCUT2D eigenvalue weighted by molar-refractivity contribution is -0.137. The van der Waals surface area contributed by atoms with Crippen LogP contribution in [0, 0.1) is 0 Å². The number of nitrogens with one attached hydrogen (secondary N) is 1. The third-order valence-corrected chi connectivity index (χ3v) is 4.34. The molecule has 0 aliphatic heterocycles. The van der Waals surface area contributed by atoms with Crippen molar-refractivity contribution >= 4 is 28.4 Å². The Hall–Kier alpha value is -3.42. The molecule has 28 heavy (non-hydrogen) atoms. The number of aromatic nitrogens is 1. The first-order chi connectivity index (χ1) is 13.6. The summed E-state index contributed by atoms with van der Waals surface area (Å²) in [5.74, 6) is -1.49. The second kappa shape index (κ2) is 8.98. The van der Waals surface area contributed by atoms with Crippen molar-refractivity contribution in [2.45, 2.75) is 39.3 Å². The molecule has 2 N–H and O–H groups in total. The molecule has 0 aliphatic carbocycles. The van der Waals surface area contributed by atoms with Crippen LogP contribution < -0.4 is 5.32 Å². The molecule has 0 spiro atoms. The van der Waals surface area contributed by atoms with Gasteiger partial charge < -0.3 is 19.4 Å². The Morgan fingerprint density at radius 1 is 1.18 bits per heavy atom. The highest BCUT2D eigenvalue weighted by Gasteiger charge is 2.18. The van der Waals surface area contributed by atoms with E-state index in [4.69, 9.17) is 4.42 Å². The summed E-state index contributed by atoms with van der Waals surface area (Å²) in [6.45, 7) is 2.82. The minimum Gasteiger partial charge on any atom is -0.493 e. The number of carbonyl (C=O) groups is 2. The molecule has 3 aromatic rings. The number of hydrogen-bond donors (Lipinski definition) is 2. The summed E-state index contributed by atoms with van der Waals surface area (Å²) in [5.41, 5.74) is 0.985.